The molecule has 0 heterocycles. The number of methoxy groups -OCH3 is 1. The highest BCUT2D eigenvalue weighted by atomic mass is 32.2. The van der Waals surface area contributed by atoms with Gasteiger partial charge in [-0.25, -0.2) is 18.1 Å². The van der Waals surface area contributed by atoms with Gasteiger partial charge in [0, 0.05) is 30.2 Å². The van der Waals surface area contributed by atoms with Gasteiger partial charge in [0.2, 0.25) is 15.9 Å². The molecule has 0 bridgehead atoms. The summed E-state index contributed by atoms with van der Waals surface area (Å²) in [6, 6.07) is 22.5. The van der Waals surface area contributed by atoms with Crippen LogP contribution in [0.5, 0.6) is 0 Å². The maximum Gasteiger partial charge on any atom is 0.416 e. The fourth-order valence-electron chi connectivity index (χ4n) is 5.76. The number of amides is 2. The Balaban J connectivity index is 1.85. The van der Waals surface area contributed by atoms with Crippen LogP contribution >= 0.6 is 0 Å². The minimum Gasteiger partial charge on any atom is -0.452 e. The number of nitrogens with zero attached hydrogens (tertiary/aromatic N) is 2. The lowest BCUT2D eigenvalue weighted by Gasteiger charge is -2.34. The molecule has 0 spiro atoms. The number of nitrogens with two attached hydrogens (primary N) is 2. The smallest absolute Gasteiger partial charge is 0.416 e. The van der Waals surface area contributed by atoms with Crippen molar-refractivity contribution in [3.63, 3.8) is 0 Å². The Labute approximate surface area is 273 Å². The molecule has 0 aromatic heterocycles. The van der Waals surface area contributed by atoms with E-state index in [-0.39, 0.29) is 17.4 Å². The average molecular weight is 653 g/mol. The molecule has 46 heavy (non-hydrogen) atoms. The predicted molar refractivity (Wildman–Crippen MR) is 180 cm³/mol. The van der Waals surface area contributed by atoms with Crippen molar-refractivity contribution in [1.29, 1.82) is 0 Å². The lowest BCUT2D eigenvalue weighted by atomic mass is 9.84. The van der Waals surface area contributed by atoms with Gasteiger partial charge in [0.05, 0.1) is 24.7 Å². The van der Waals surface area contributed by atoms with Crippen molar-refractivity contribution in [2.24, 2.45) is 11.7 Å². The second kappa shape index (κ2) is 17.2. The summed E-state index contributed by atoms with van der Waals surface area (Å²) in [4.78, 5) is 28.4. The van der Waals surface area contributed by atoms with E-state index < -0.39 is 52.7 Å². The molecule has 0 aliphatic heterocycles. The first-order valence-electron chi connectivity index (χ1n) is 15.7. The third kappa shape index (κ3) is 9.16. The molecule has 0 saturated heterocycles. The molecule has 3 atom stereocenters. The van der Waals surface area contributed by atoms with Gasteiger partial charge in [-0.05, 0) is 67.0 Å². The fourth-order valence-corrected chi connectivity index (χ4v) is 7.57. The Kier molecular flexibility index (Phi) is 13.7. The number of rotatable bonds is 16. The number of carbonyl (C=O) groups is 2. The van der Waals surface area contributed by atoms with Gasteiger partial charge in [-0.3, -0.25) is 4.79 Å². The molecule has 250 valence electrons. The summed E-state index contributed by atoms with van der Waals surface area (Å²) in [6.07, 6.45) is 0.710. The highest BCUT2D eigenvalue weighted by molar-refractivity contribution is 7.89. The monoisotopic (exact) mass is 652 g/mol. The van der Waals surface area contributed by atoms with E-state index in [1.165, 1.54) is 35.7 Å². The van der Waals surface area contributed by atoms with Gasteiger partial charge in [0.25, 0.3) is 0 Å². The van der Waals surface area contributed by atoms with Gasteiger partial charge in [0.1, 0.15) is 0 Å². The third-order valence-electron chi connectivity index (χ3n) is 8.13. The number of hydrogen-bond donors (Lipinski definition) is 3. The van der Waals surface area contributed by atoms with Crippen LogP contribution in [0.3, 0.4) is 0 Å². The standard InChI is InChI=1S/C35H48N4O6S/c1-5-29(17-12-18-30(24-40)38(23-25(2)3)46(43,44)31-21-19-28(36)20-22-31)39(35(42)45-4)34(41)33(37)32(26-13-8-6-9-14-26)27-15-10-7-11-16-27/h6-11,13-16,19-22,25,29-30,32-33,40H,5,12,17-18,23-24,36-37H2,1-4H3/t29-,30-,33-/m0/s1. The SMILES string of the molecule is CC[C@@H](CCC[C@@H](CO)N(CC(C)C)S(=O)(=O)c1ccc(N)cc1)N(C(=O)OC)C(=O)[C@@H](N)C(c1ccccc1)c1ccccc1. The second-order valence-corrected chi connectivity index (χ2v) is 13.8. The van der Waals surface area contributed by atoms with Crippen LogP contribution in [0.1, 0.15) is 63.5 Å². The minimum atomic E-state index is -3.94. The van der Waals surface area contributed by atoms with E-state index in [0.717, 1.165) is 16.0 Å². The molecule has 0 fully saturated rings. The lowest BCUT2D eigenvalue weighted by molar-refractivity contribution is -0.133. The van der Waals surface area contributed by atoms with Crippen LogP contribution < -0.4 is 11.5 Å². The van der Waals surface area contributed by atoms with E-state index >= 15 is 0 Å². The minimum absolute atomic E-state index is 0.00269. The summed E-state index contributed by atoms with van der Waals surface area (Å²) in [6.45, 7) is 5.50. The van der Waals surface area contributed by atoms with Crippen LogP contribution in [0, 0.1) is 5.92 Å². The molecule has 3 rings (SSSR count). The number of imide groups is 1. The molecule has 10 nitrogen and oxygen atoms in total. The molecule has 0 aliphatic carbocycles. The maximum atomic E-state index is 14.1. The predicted octanol–water partition coefficient (Wildman–Crippen LogP) is 4.98. The summed E-state index contributed by atoms with van der Waals surface area (Å²) in [5.41, 5.74) is 14.6. The number of aliphatic hydroxyl groups excluding tert-OH is 1. The highest BCUT2D eigenvalue weighted by Gasteiger charge is 2.38. The summed E-state index contributed by atoms with van der Waals surface area (Å²) < 4.78 is 33.8. The van der Waals surface area contributed by atoms with Crippen molar-refractivity contribution < 1.29 is 27.9 Å². The van der Waals surface area contributed by atoms with Gasteiger partial charge < -0.3 is 21.3 Å². The van der Waals surface area contributed by atoms with Crippen LogP contribution in [0.4, 0.5) is 10.5 Å². The zero-order chi connectivity index (χ0) is 33.9. The Hall–Kier alpha value is -3.77. The quantitative estimate of drug-likeness (QED) is 0.183. The van der Waals surface area contributed by atoms with E-state index in [2.05, 4.69) is 0 Å². The van der Waals surface area contributed by atoms with E-state index in [1.807, 2.05) is 81.4 Å². The Bertz CT molecular complexity index is 1450. The fraction of sp³-hybridized carbons (Fsp3) is 0.429. The van der Waals surface area contributed by atoms with Gasteiger partial charge >= 0.3 is 6.09 Å². The van der Waals surface area contributed by atoms with Crippen molar-refractivity contribution in [2.75, 3.05) is 26.0 Å². The molecule has 5 N–H and O–H groups in total. The number of ether oxygens (including phenoxy) is 1. The summed E-state index contributed by atoms with van der Waals surface area (Å²) in [5.74, 6) is -1.08. The van der Waals surface area contributed by atoms with Crippen molar-refractivity contribution in [2.45, 2.75) is 75.4 Å². The molecule has 0 aliphatic rings. The average Bonchev–Trinajstić information content (AvgIpc) is 3.06. The van der Waals surface area contributed by atoms with Gasteiger partial charge in [0.15, 0.2) is 0 Å². The number of aliphatic hydroxyl groups is 1. The second-order valence-electron chi connectivity index (χ2n) is 11.9. The molecule has 3 aromatic carbocycles. The topological polar surface area (TPSA) is 156 Å². The summed E-state index contributed by atoms with van der Waals surface area (Å²) >= 11 is 0. The van der Waals surface area contributed by atoms with Crippen LogP contribution in [-0.4, -0.2) is 73.1 Å². The molecule has 0 unspecified atom stereocenters. The third-order valence-corrected chi connectivity index (χ3v) is 10.1. The van der Waals surface area contributed by atoms with Crippen molar-refractivity contribution in [1.82, 2.24) is 9.21 Å². The highest BCUT2D eigenvalue weighted by Crippen LogP contribution is 2.30. The van der Waals surface area contributed by atoms with Crippen molar-refractivity contribution >= 4 is 27.7 Å². The Morgan fingerprint density at radius 1 is 0.870 bits per heavy atom. The Morgan fingerprint density at radius 2 is 1.39 bits per heavy atom. The van der Waals surface area contributed by atoms with Crippen LogP contribution in [0.2, 0.25) is 0 Å². The zero-order valence-electron chi connectivity index (χ0n) is 27.2. The number of sulfonamides is 1. The number of nitrogen functional groups attached to an aromatic ring is 1. The summed E-state index contributed by atoms with van der Waals surface area (Å²) in [5, 5.41) is 10.4. The van der Waals surface area contributed by atoms with Gasteiger partial charge in [-0.2, -0.15) is 4.31 Å². The first-order valence-corrected chi connectivity index (χ1v) is 17.1. The molecular weight excluding hydrogens is 604 g/mol. The molecule has 0 saturated carbocycles. The van der Waals surface area contributed by atoms with Crippen molar-refractivity contribution in [3.05, 3.63) is 96.1 Å². The number of anilines is 1. The summed E-state index contributed by atoms with van der Waals surface area (Å²) in [7, 11) is -2.72. The van der Waals surface area contributed by atoms with E-state index in [0.29, 0.717) is 31.4 Å². The molecule has 3 aromatic rings. The van der Waals surface area contributed by atoms with E-state index in [4.69, 9.17) is 16.2 Å². The zero-order valence-corrected chi connectivity index (χ0v) is 28.0. The molecule has 2 amide bonds. The molecular formula is C35H48N4O6S. The lowest BCUT2D eigenvalue weighted by Crippen LogP contribution is -2.53. The Morgan fingerprint density at radius 3 is 1.85 bits per heavy atom. The van der Waals surface area contributed by atoms with E-state index in [1.54, 1.807) is 0 Å². The first kappa shape index (κ1) is 36.7. The van der Waals surface area contributed by atoms with E-state index in [9.17, 15) is 23.1 Å². The first-order chi connectivity index (χ1) is 22.0. The van der Waals surface area contributed by atoms with Crippen molar-refractivity contribution in [3.8, 4) is 0 Å². The molecule has 11 heteroatoms. The van der Waals surface area contributed by atoms with Gasteiger partial charge in [-0.15, -0.1) is 0 Å². The maximum absolute atomic E-state index is 14.1. The number of benzene rings is 3. The van der Waals surface area contributed by atoms with Crippen LogP contribution in [0.15, 0.2) is 89.8 Å². The van der Waals surface area contributed by atoms with Crippen LogP contribution in [-0.2, 0) is 19.6 Å². The largest absolute Gasteiger partial charge is 0.452 e. The van der Waals surface area contributed by atoms with Crippen LogP contribution in [0.25, 0.3) is 0 Å². The molecule has 0 radical (unpaired) electrons. The number of carbonyl (C=O) groups excluding carboxylic acids is 2. The normalized spacial score (nSPS) is 13.8. The number of hydrogen-bond acceptors (Lipinski definition) is 8. The van der Waals surface area contributed by atoms with Gasteiger partial charge in [-0.1, -0.05) is 81.4 Å².